The molecule has 1 aliphatic heterocycles. The molecule has 0 bridgehead atoms. The molecule has 1 fully saturated rings. The summed E-state index contributed by atoms with van der Waals surface area (Å²) < 4.78 is 16.3. The Morgan fingerprint density at radius 2 is 1.91 bits per heavy atom. The van der Waals surface area contributed by atoms with Crippen molar-refractivity contribution in [1.29, 1.82) is 0 Å². The molecule has 6 nitrogen and oxygen atoms in total. The summed E-state index contributed by atoms with van der Waals surface area (Å²) in [7, 11) is 3.30. The van der Waals surface area contributed by atoms with E-state index in [0.29, 0.717) is 17.3 Å². The third kappa shape index (κ3) is 4.69. The number of anilines is 1. The normalized spacial score (nSPS) is 16.0. The van der Waals surface area contributed by atoms with E-state index in [0.717, 1.165) is 52.9 Å². The SMILES string of the molecule is COc1ccc([C@H](c2cc(C)sc2NC(=O)c2ccco2)N2CCC(C)CC2)cc1OC. The molecule has 0 spiro atoms. The van der Waals surface area contributed by atoms with Gasteiger partial charge in [0.05, 0.1) is 26.5 Å². The van der Waals surface area contributed by atoms with Gasteiger partial charge in [0.15, 0.2) is 17.3 Å². The maximum atomic E-state index is 12.8. The number of piperidine rings is 1. The molecular weight excluding hydrogens is 424 g/mol. The van der Waals surface area contributed by atoms with Gasteiger partial charge in [-0.05, 0) is 74.7 Å². The van der Waals surface area contributed by atoms with Crippen LogP contribution in [0, 0.1) is 12.8 Å². The molecule has 0 saturated carbocycles. The first kappa shape index (κ1) is 22.4. The van der Waals surface area contributed by atoms with Crippen molar-refractivity contribution in [3.05, 3.63) is 64.4 Å². The molecule has 2 aromatic heterocycles. The second-order valence-electron chi connectivity index (χ2n) is 8.31. The summed E-state index contributed by atoms with van der Waals surface area (Å²) in [5, 5.41) is 3.94. The van der Waals surface area contributed by atoms with Crippen LogP contribution in [0.25, 0.3) is 0 Å². The molecule has 3 aromatic rings. The van der Waals surface area contributed by atoms with E-state index in [1.54, 1.807) is 37.7 Å². The Hall–Kier alpha value is -2.77. The first-order valence-electron chi connectivity index (χ1n) is 10.9. The van der Waals surface area contributed by atoms with Crippen LogP contribution in [0.3, 0.4) is 0 Å². The third-order valence-electron chi connectivity index (χ3n) is 6.06. The van der Waals surface area contributed by atoms with Gasteiger partial charge in [-0.1, -0.05) is 13.0 Å². The van der Waals surface area contributed by atoms with E-state index < -0.39 is 0 Å². The molecule has 1 N–H and O–H groups in total. The summed E-state index contributed by atoms with van der Waals surface area (Å²) in [6, 6.07) is 11.7. The highest BCUT2D eigenvalue weighted by atomic mass is 32.1. The van der Waals surface area contributed by atoms with Gasteiger partial charge in [0.25, 0.3) is 5.91 Å². The van der Waals surface area contributed by atoms with E-state index in [-0.39, 0.29) is 11.9 Å². The molecule has 1 atom stereocenters. The molecule has 0 unspecified atom stereocenters. The van der Waals surface area contributed by atoms with Crippen molar-refractivity contribution in [3.63, 3.8) is 0 Å². The van der Waals surface area contributed by atoms with Crippen molar-refractivity contribution in [1.82, 2.24) is 4.90 Å². The van der Waals surface area contributed by atoms with E-state index in [1.165, 1.54) is 6.26 Å². The zero-order valence-electron chi connectivity index (χ0n) is 19.0. The molecule has 0 radical (unpaired) electrons. The molecule has 1 amide bonds. The molecule has 1 aliphatic rings. The number of furan rings is 1. The van der Waals surface area contributed by atoms with Gasteiger partial charge < -0.3 is 19.2 Å². The van der Waals surface area contributed by atoms with Crippen LogP contribution < -0.4 is 14.8 Å². The molecular formula is C25H30N2O4S. The number of hydrogen-bond acceptors (Lipinski definition) is 6. The predicted molar refractivity (Wildman–Crippen MR) is 127 cm³/mol. The van der Waals surface area contributed by atoms with Crippen molar-refractivity contribution >= 4 is 22.2 Å². The lowest BCUT2D eigenvalue weighted by Crippen LogP contribution is -2.37. The number of ether oxygens (including phenoxy) is 2. The van der Waals surface area contributed by atoms with Gasteiger partial charge in [0, 0.05) is 10.4 Å². The molecule has 0 aliphatic carbocycles. The van der Waals surface area contributed by atoms with Crippen molar-refractivity contribution in [3.8, 4) is 11.5 Å². The van der Waals surface area contributed by atoms with Crippen LogP contribution in [0.4, 0.5) is 5.00 Å². The van der Waals surface area contributed by atoms with Crippen molar-refractivity contribution < 1.29 is 18.7 Å². The Bertz CT molecular complexity index is 1050. The summed E-state index contributed by atoms with van der Waals surface area (Å²) in [5.74, 6) is 2.19. The monoisotopic (exact) mass is 454 g/mol. The molecule has 32 heavy (non-hydrogen) atoms. The molecule has 170 valence electrons. The van der Waals surface area contributed by atoms with Crippen LogP contribution in [0.2, 0.25) is 0 Å². The summed E-state index contributed by atoms with van der Waals surface area (Å²) >= 11 is 1.59. The number of nitrogens with one attached hydrogen (secondary N) is 1. The van der Waals surface area contributed by atoms with E-state index in [2.05, 4.69) is 36.2 Å². The highest BCUT2D eigenvalue weighted by Gasteiger charge is 2.30. The molecule has 3 heterocycles. The van der Waals surface area contributed by atoms with Crippen molar-refractivity contribution in [2.24, 2.45) is 5.92 Å². The number of nitrogens with zero attached hydrogens (tertiary/aromatic N) is 1. The Morgan fingerprint density at radius 3 is 2.56 bits per heavy atom. The number of carbonyl (C=O) groups is 1. The van der Waals surface area contributed by atoms with Crippen LogP contribution in [-0.4, -0.2) is 38.1 Å². The Balaban J connectivity index is 1.75. The Morgan fingerprint density at radius 1 is 1.16 bits per heavy atom. The minimum absolute atomic E-state index is 0.000780. The zero-order chi connectivity index (χ0) is 22.7. The van der Waals surface area contributed by atoms with E-state index in [4.69, 9.17) is 13.9 Å². The van der Waals surface area contributed by atoms with Gasteiger partial charge in [-0.15, -0.1) is 11.3 Å². The van der Waals surface area contributed by atoms with Crippen LogP contribution >= 0.6 is 11.3 Å². The average molecular weight is 455 g/mol. The lowest BCUT2D eigenvalue weighted by atomic mass is 9.92. The second kappa shape index (κ2) is 9.79. The molecule has 1 saturated heterocycles. The Kier molecular flexibility index (Phi) is 6.86. The van der Waals surface area contributed by atoms with E-state index in [9.17, 15) is 4.79 Å². The van der Waals surface area contributed by atoms with Crippen molar-refractivity contribution in [2.75, 3.05) is 32.6 Å². The Labute approximate surface area is 193 Å². The standard InChI is InChI=1S/C25H30N2O4S/c1-16-9-11-27(12-10-16)23(18-7-8-20(29-3)22(15-18)30-4)19-14-17(2)32-25(19)26-24(28)21-6-5-13-31-21/h5-8,13-16,23H,9-12H2,1-4H3,(H,26,28)/t23-/m1/s1. The lowest BCUT2D eigenvalue weighted by molar-refractivity contribution is 0.0996. The maximum absolute atomic E-state index is 12.8. The largest absolute Gasteiger partial charge is 0.493 e. The minimum atomic E-state index is -0.239. The first-order chi connectivity index (χ1) is 15.5. The second-order valence-corrected chi connectivity index (χ2v) is 9.56. The summed E-state index contributed by atoms with van der Waals surface area (Å²) in [6.45, 7) is 6.38. The quantitative estimate of drug-likeness (QED) is 0.493. The number of thiophene rings is 1. The highest BCUT2D eigenvalue weighted by molar-refractivity contribution is 7.16. The van der Waals surface area contributed by atoms with Gasteiger partial charge in [-0.2, -0.15) is 0 Å². The average Bonchev–Trinajstić information content (AvgIpc) is 3.45. The van der Waals surface area contributed by atoms with Gasteiger partial charge in [-0.25, -0.2) is 0 Å². The van der Waals surface area contributed by atoms with Gasteiger partial charge >= 0.3 is 0 Å². The number of methoxy groups -OCH3 is 2. The number of carbonyl (C=O) groups excluding carboxylic acids is 1. The summed E-state index contributed by atoms with van der Waals surface area (Å²) in [4.78, 5) is 16.4. The zero-order valence-corrected chi connectivity index (χ0v) is 19.8. The summed E-state index contributed by atoms with van der Waals surface area (Å²) in [5.41, 5.74) is 2.21. The van der Waals surface area contributed by atoms with Crippen LogP contribution in [0.15, 0.2) is 47.1 Å². The minimum Gasteiger partial charge on any atom is -0.493 e. The maximum Gasteiger partial charge on any atom is 0.291 e. The number of likely N-dealkylation sites (tertiary alicyclic amines) is 1. The fourth-order valence-corrected chi connectivity index (χ4v) is 5.24. The van der Waals surface area contributed by atoms with Crippen LogP contribution in [0.5, 0.6) is 11.5 Å². The van der Waals surface area contributed by atoms with Crippen LogP contribution in [-0.2, 0) is 0 Å². The van der Waals surface area contributed by atoms with Crippen LogP contribution in [0.1, 0.15) is 52.4 Å². The number of rotatable bonds is 7. The molecule has 4 rings (SSSR count). The topological polar surface area (TPSA) is 63.9 Å². The van der Waals surface area contributed by atoms with Crippen molar-refractivity contribution in [2.45, 2.75) is 32.7 Å². The smallest absolute Gasteiger partial charge is 0.291 e. The fraction of sp³-hybridized carbons (Fsp3) is 0.400. The summed E-state index contributed by atoms with van der Waals surface area (Å²) in [6.07, 6.45) is 3.82. The van der Waals surface area contributed by atoms with E-state index >= 15 is 0 Å². The van der Waals surface area contributed by atoms with E-state index in [1.807, 2.05) is 12.1 Å². The van der Waals surface area contributed by atoms with Gasteiger partial charge in [0.2, 0.25) is 0 Å². The number of benzene rings is 1. The predicted octanol–water partition coefficient (Wildman–Crippen LogP) is 5.74. The number of aryl methyl sites for hydroxylation is 1. The fourth-order valence-electron chi connectivity index (χ4n) is 4.30. The van der Waals surface area contributed by atoms with Gasteiger partial charge in [0.1, 0.15) is 5.00 Å². The number of amides is 1. The highest BCUT2D eigenvalue weighted by Crippen LogP contribution is 2.42. The third-order valence-corrected chi connectivity index (χ3v) is 7.04. The number of hydrogen-bond donors (Lipinski definition) is 1. The van der Waals surface area contributed by atoms with Gasteiger partial charge in [-0.3, -0.25) is 9.69 Å². The first-order valence-corrected chi connectivity index (χ1v) is 11.7. The molecule has 7 heteroatoms. The molecule has 1 aromatic carbocycles. The lowest BCUT2D eigenvalue weighted by Gasteiger charge is -2.37.